The molecule has 0 nitrogen and oxygen atoms in total. The second kappa shape index (κ2) is 3.62. The molecular weight excluding hydrogens is 197 g/mol. The van der Waals surface area contributed by atoms with Gasteiger partial charge in [0.2, 0.25) is 0 Å². The maximum atomic E-state index is 12.2. The van der Waals surface area contributed by atoms with Crippen molar-refractivity contribution in [2.24, 2.45) is 0 Å². The van der Waals surface area contributed by atoms with E-state index >= 15 is 0 Å². The number of halogens is 3. The van der Waals surface area contributed by atoms with E-state index in [2.05, 4.69) is 0 Å². The highest BCUT2D eigenvalue weighted by atomic mass is 32.2. The molecule has 1 aromatic carbocycles. The molecule has 13 heavy (non-hydrogen) atoms. The van der Waals surface area contributed by atoms with Gasteiger partial charge in [-0.1, -0.05) is 6.07 Å². The monoisotopic (exact) mass is 207 g/mol. The van der Waals surface area contributed by atoms with Crippen LogP contribution in [0.1, 0.15) is 5.56 Å². The minimum atomic E-state index is -4.23. The Morgan fingerprint density at radius 1 is 1.15 bits per heavy atom. The summed E-state index contributed by atoms with van der Waals surface area (Å²) in [7, 11) is -0.124. The van der Waals surface area contributed by atoms with E-state index in [1.54, 1.807) is 6.07 Å². The molecule has 0 N–H and O–H groups in total. The molecule has 0 spiro atoms. The topological polar surface area (TPSA) is 0 Å². The molecule has 0 aliphatic rings. The summed E-state index contributed by atoms with van der Waals surface area (Å²) >= 11 is 0. The molecule has 0 heterocycles. The molecule has 1 aromatic rings. The smallest absolute Gasteiger partial charge is 0.166 e. The molecule has 72 valence electrons. The Labute approximate surface area is 78.1 Å². The van der Waals surface area contributed by atoms with Crippen LogP contribution >= 0.6 is 0 Å². The summed E-state index contributed by atoms with van der Waals surface area (Å²) in [5, 5.41) is 0. The Morgan fingerprint density at radius 2 is 1.77 bits per heavy atom. The molecule has 0 aliphatic carbocycles. The van der Waals surface area contributed by atoms with E-state index in [-0.39, 0.29) is 10.9 Å². The molecule has 0 bridgehead atoms. The number of rotatable bonds is 1. The lowest BCUT2D eigenvalue weighted by molar-refractivity contribution is -0.137. The van der Waals surface area contributed by atoms with Crippen LogP contribution in [0.15, 0.2) is 29.2 Å². The molecule has 0 unspecified atom stereocenters. The van der Waals surface area contributed by atoms with E-state index in [1.807, 2.05) is 12.5 Å². The van der Waals surface area contributed by atoms with Gasteiger partial charge in [-0.15, -0.1) is 0 Å². The highest BCUT2D eigenvalue weighted by molar-refractivity contribution is 7.95. The molecule has 0 saturated heterocycles. The summed E-state index contributed by atoms with van der Waals surface area (Å²) in [5.74, 6) is 0. The normalized spacial score (nSPS) is 12.2. The van der Waals surface area contributed by atoms with Crippen LogP contribution in [0.4, 0.5) is 13.2 Å². The van der Waals surface area contributed by atoms with Crippen molar-refractivity contribution < 1.29 is 13.2 Å². The van der Waals surface area contributed by atoms with Crippen LogP contribution in [0.3, 0.4) is 0 Å². The predicted octanol–water partition coefficient (Wildman–Crippen LogP) is 2.94. The van der Waals surface area contributed by atoms with Gasteiger partial charge in [-0.3, -0.25) is 0 Å². The molecule has 0 aliphatic heterocycles. The number of hydrogen-bond donors (Lipinski definition) is 0. The van der Waals surface area contributed by atoms with E-state index in [4.69, 9.17) is 0 Å². The Hall–Kier alpha value is -0.640. The van der Waals surface area contributed by atoms with Gasteiger partial charge in [0.1, 0.15) is 12.5 Å². The van der Waals surface area contributed by atoms with Crippen LogP contribution in [0.5, 0.6) is 0 Å². The van der Waals surface area contributed by atoms with Gasteiger partial charge in [-0.25, -0.2) is 0 Å². The molecule has 0 radical (unpaired) electrons. The average molecular weight is 207 g/mol. The summed E-state index contributed by atoms with van der Waals surface area (Å²) in [4.78, 5) is 0.745. The second-order valence-electron chi connectivity index (χ2n) is 2.84. The molecule has 0 saturated carbocycles. The summed E-state index contributed by atoms with van der Waals surface area (Å²) in [6.07, 6.45) is -0.430. The Kier molecular flexibility index (Phi) is 2.91. The zero-order chi connectivity index (χ0) is 10.1. The first-order chi connectivity index (χ1) is 5.91. The van der Waals surface area contributed by atoms with E-state index < -0.39 is 11.7 Å². The SMILES string of the molecule is C[S+](C)c1cccc(C(F)(F)F)c1. The van der Waals surface area contributed by atoms with Gasteiger partial charge in [0.25, 0.3) is 0 Å². The Balaban J connectivity index is 3.06. The standard InChI is InChI=1S/C9H10F3S/c1-13(2)8-5-3-4-7(6-8)9(10,11)12/h3-6H,1-2H3/q+1. The maximum absolute atomic E-state index is 12.2. The third-order valence-corrected chi connectivity index (χ3v) is 2.83. The van der Waals surface area contributed by atoms with Crippen LogP contribution in [0.2, 0.25) is 0 Å². The van der Waals surface area contributed by atoms with Crippen LogP contribution < -0.4 is 0 Å². The first-order valence-corrected chi connectivity index (χ1v) is 5.70. The summed E-state index contributed by atoms with van der Waals surface area (Å²) in [5.41, 5.74) is -0.564. The van der Waals surface area contributed by atoms with Crippen molar-refractivity contribution in [3.05, 3.63) is 29.8 Å². The van der Waals surface area contributed by atoms with E-state index in [9.17, 15) is 13.2 Å². The molecule has 0 amide bonds. The zero-order valence-corrected chi connectivity index (χ0v) is 8.17. The lowest BCUT2D eigenvalue weighted by Gasteiger charge is -2.06. The van der Waals surface area contributed by atoms with Crippen molar-refractivity contribution in [1.82, 2.24) is 0 Å². The van der Waals surface area contributed by atoms with Gasteiger partial charge < -0.3 is 0 Å². The van der Waals surface area contributed by atoms with Gasteiger partial charge in [-0.05, 0) is 12.1 Å². The maximum Gasteiger partial charge on any atom is 0.416 e. The molecule has 0 fully saturated rings. The predicted molar refractivity (Wildman–Crippen MR) is 48.9 cm³/mol. The highest BCUT2D eigenvalue weighted by Gasteiger charge is 2.31. The van der Waals surface area contributed by atoms with Crippen LogP contribution in [0, 0.1) is 0 Å². The van der Waals surface area contributed by atoms with Crippen molar-refractivity contribution in [3.63, 3.8) is 0 Å². The molecule has 0 aromatic heterocycles. The van der Waals surface area contributed by atoms with Crippen LogP contribution in [-0.2, 0) is 17.1 Å². The zero-order valence-electron chi connectivity index (χ0n) is 7.35. The fourth-order valence-corrected chi connectivity index (χ4v) is 1.64. The minimum Gasteiger partial charge on any atom is -0.166 e. The van der Waals surface area contributed by atoms with Crippen molar-refractivity contribution >= 4 is 10.9 Å². The van der Waals surface area contributed by atoms with Crippen molar-refractivity contribution in [3.8, 4) is 0 Å². The van der Waals surface area contributed by atoms with Crippen molar-refractivity contribution in [1.29, 1.82) is 0 Å². The van der Waals surface area contributed by atoms with Gasteiger partial charge in [0, 0.05) is 17.0 Å². The molecule has 4 heteroatoms. The Morgan fingerprint density at radius 3 is 2.23 bits per heavy atom. The quantitative estimate of drug-likeness (QED) is 0.621. The van der Waals surface area contributed by atoms with Crippen LogP contribution in [0.25, 0.3) is 0 Å². The largest absolute Gasteiger partial charge is 0.416 e. The van der Waals surface area contributed by atoms with Gasteiger partial charge in [-0.2, -0.15) is 13.2 Å². The van der Waals surface area contributed by atoms with Gasteiger partial charge in [0.15, 0.2) is 4.90 Å². The molecular formula is C9H10F3S+. The Bertz CT molecular complexity index is 291. The lowest BCUT2D eigenvalue weighted by Crippen LogP contribution is -2.06. The van der Waals surface area contributed by atoms with Gasteiger partial charge >= 0.3 is 6.18 Å². The lowest BCUT2D eigenvalue weighted by atomic mass is 10.2. The third kappa shape index (κ3) is 2.66. The molecule has 0 atom stereocenters. The fraction of sp³-hybridized carbons (Fsp3) is 0.333. The van der Waals surface area contributed by atoms with Gasteiger partial charge in [0.05, 0.1) is 5.56 Å². The van der Waals surface area contributed by atoms with E-state index in [1.165, 1.54) is 12.1 Å². The fourth-order valence-electron chi connectivity index (χ4n) is 0.926. The second-order valence-corrected chi connectivity index (χ2v) is 4.95. The summed E-state index contributed by atoms with van der Waals surface area (Å²) in [6.45, 7) is 0. The summed E-state index contributed by atoms with van der Waals surface area (Å²) < 4.78 is 36.7. The van der Waals surface area contributed by atoms with E-state index in [0.717, 1.165) is 11.0 Å². The number of benzene rings is 1. The average Bonchev–Trinajstić information content (AvgIpc) is 2.03. The third-order valence-electron chi connectivity index (χ3n) is 1.63. The highest BCUT2D eigenvalue weighted by Crippen LogP contribution is 2.30. The van der Waals surface area contributed by atoms with Crippen molar-refractivity contribution in [2.75, 3.05) is 12.5 Å². The minimum absolute atomic E-state index is 0.124. The number of hydrogen-bond acceptors (Lipinski definition) is 0. The van der Waals surface area contributed by atoms with Crippen molar-refractivity contribution in [2.45, 2.75) is 11.1 Å². The molecule has 1 rings (SSSR count). The van der Waals surface area contributed by atoms with Crippen LogP contribution in [-0.4, -0.2) is 12.5 Å². The first-order valence-electron chi connectivity index (χ1n) is 3.66. The van der Waals surface area contributed by atoms with E-state index in [0.29, 0.717) is 0 Å². The number of alkyl halides is 3. The first kappa shape index (κ1) is 10.4. The summed E-state index contributed by atoms with van der Waals surface area (Å²) in [6, 6.07) is 5.48.